The molecule has 2 atom stereocenters. The van der Waals surface area contributed by atoms with Gasteiger partial charge in [0.05, 0.1) is 22.7 Å². The Morgan fingerprint density at radius 1 is 1.08 bits per heavy atom. The summed E-state index contributed by atoms with van der Waals surface area (Å²) in [5.74, 6) is -1.29. The van der Waals surface area contributed by atoms with Crippen molar-refractivity contribution in [3.05, 3.63) is 88.9 Å². The van der Waals surface area contributed by atoms with Crippen molar-refractivity contribution in [1.29, 1.82) is 0 Å². The van der Waals surface area contributed by atoms with Crippen LogP contribution in [0.4, 0.5) is 11.4 Å². The normalized spacial score (nSPS) is 17.6. The Bertz CT molecular complexity index is 1560. The van der Waals surface area contributed by atoms with Crippen LogP contribution in [0.25, 0.3) is 0 Å². The number of carbonyl (C=O) groups excluding carboxylic acids is 2. The predicted molar refractivity (Wildman–Crippen MR) is 140 cm³/mol. The molecule has 10 nitrogen and oxygen atoms in total. The number of benzene rings is 3. The molecule has 1 fully saturated rings. The summed E-state index contributed by atoms with van der Waals surface area (Å²) >= 11 is 6.37. The lowest BCUT2D eigenvalue weighted by Crippen LogP contribution is -2.45. The summed E-state index contributed by atoms with van der Waals surface area (Å²) in [5, 5.41) is 1.57. The maximum Gasteiger partial charge on any atom is 0.242 e. The Morgan fingerprint density at radius 3 is 2.38 bits per heavy atom. The molecule has 0 spiro atoms. The Labute approximate surface area is 219 Å². The fourth-order valence-electron chi connectivity index (χ4n) is 3.89. The number of carbonyl (C=O) groups is 2. The van der Waals surface area contributed by atoms with Gasteiger partial charge in [-0.1, -0.05) is 54.1 Å². The van der Waals surface area contributed by atoms with Gasteiger partial charge in [0.1, 0.15) is 11.3 Å². The predicted octanol–water partition coefficient (Wildman–Crippen LogP) is 2.34. The largest absolute Gasteiger partial charge is 0.397 e. The molecule has 1 aliphatic rings. The minimum absolute atomic E-state index is 0.0241. The van der Waals surface area contributed by atoms with Crippen molar-refractivity contribution in [3.8, 4) is 0 Å². The molecule has 1 unspecified atom stereocenters. The van der Waals surface area contributed by atoms with Gasteiger partial charge in [-0.15, -0.1) is 0 Å². The van der Waals surface area contributed by atoms with Crippen LogP contribution in [-0.4, -0.2) is 34.7 Å². The van der Waals surface area contributed by atoms with Crippen LogP contribution < -0.4 is 20.5 Å². The lowest BCUT2D eigenvalue weighted by Gasteiger charge is -2.20. The van der Waals surface area contributed by atoms with Crippen LogP contribution >= 0.6 is 11.6 Å². The average molecular weight is 563 g/mol. The van der Waals surface area contributed by atoms with Crippen LogP contribution in [0, 0.1) is 0 Å². The maximum absolute atomic E-state index is 13.2. The third-order valence-electron chi connectivity index (χ3n) is 5.74. The van der Waals surface area contributed by atoms with Gasteiger partial charge in [-0.3, -0.25) is 14.3 Å². The van der Waals surface area contributed by atoms with E-state index in [1.807, 2.05) is 4.72 Å². The van der Waals surface area contributed by atoms with E-state index in [4.69, 9.17) is 17.3 Å². The van der Waals surface area contributed by atoms with Gasteiger partial charge >= 0.3 is 0 Å². The number of hydrogen-bond donors (Lipinski definition) is 4. The summed E-state index contributed by atoms with van der Waals surface area (Å²) in [6, 6.07) is 17.3. The van der Waals surface area contributed by atoms with Gasteiger partial charge in [0.25, 0.3) is 0 Å². The van der Waals surface area contributed by atoms with Crippen molar-refractivity contribution < 1.29 is 26.4 Å². The Balaban J connectivity index is 1.63. The Kier molecular flexibility index (Phi) is 7.55. The number of para-hydroxylation sites is 2. The van der Waals surface area contributed by atoms with Crippen molar-refractivity contribution in [2.75, 3.05) is 11.1 Å². The SMILES string of the molecule is Nc1ccccc1NC(=O)[C@H](Cc1ccc(C2CC(=O)NS2(=O)=O)c(Cl)c1)NS(=O)(=O)c1ccccc1. The van der Waals surface area contributed by atoms with Crippen LogP contribution in [-0.2, 0) is 36.1 Å². The van der Waals surface area contributed by atoms with Crippen LogP contribution in [0.3, 0.4) is 0 Å². The standard InChI is InChI=1S/C24H23ClN4O6S2/c25-18-12-15(10-11-17(18)22-14-23(30)29-37(22,34)35)13-21(24(31)27-20-9-5-4-8-19(20)26)28-36(32,33)16-6-2-1-3-7-16/h1-12,21-22,28H,13-14,26H2,(H,27,31)(H,29,30)/t21-,22?/m0/s1. The first-order valence-corrected chi connectivity index (χ1v) is 14.4. The van der Waals surface area contributed by atoms with E-state index in [-0.39, 0.29) is 28.3 Å². The molecule has 13 heteroatoms. The van der Waals surface area contributed by atoms with Crippen LogP contribution in [0.15, 0.2) is 77.7 Å². The summed E-state index contributed by atoms with van der Waals surface area (Å²) in [7, 11) is -7.99. The van der Waals surface area contributed by atoms with E-state index in [0.717, 1.165) is 0 Å². The molecule has 3 aromatic rings. The fourth-order valence-corrected chi connectivity index (χ4v) is 6.96. The number of nitrogens with two attached hydrogens (primary N) is 1. The molecular formula is C24H23ClN4O6S2. The highest BCUT2D eigenvalue weighted by Gasteiger charge is 2.39. The summed E-state index contributed by atoms with van der Waals surface area (Å²) < 4.78 is 54.9. The number of halogens is 1. The molecule has 3 aromatic carbocycles. The smallest absolute Gasteiger partial charge is 0.242 e. The van der Waals surface area contributed by atoms with Gasteiger partial charge in [0.2, 0.25) is 31.9 Å². The molecule has 0 saturated carbocycles. The maximum atomic E-state index is 13.2. The monoisotopic (exact) mass is 562 g/mol. The molecule has 5 N–H and O–H groups in total. The zero-order valence-electron chi connectivity index (χ0n) is 19.2. The molecule has 2 amide bonds. The highest BCUT2D eigenvalue weighted by Crippen LogP contribution is 2.35. The fraction of sp³-hybridized carbons (Fsp3) is 0.167. The summed E-state index contributed by atoms with van der Waals surface area (Å²) in [6.45, 7) is 0. The van der Waals surface area contributed by atoms with Crippen LogP contribution in [0.2, 0.25) is 5.02 Å². The topological polar surface area (TPSA) is 165 Å². The van der Waals surface area contributed by atoms with Crippen LogP contribution in [0.1, 0.15) is 22.8 Å². The van der Waals surface area contributed by atoms with Crippen LogP contribution in [0.5, 0.6) is 0 Å². The quantitative estimate of drug-likeness (QED) is 0.306. The van der Waals surface area contributed by atoms with E-state index >= 15 is 0 Å². The molecule has 194 valence electrons. The average Bonchev–Trinajstić information content (AvgIpc) is 3.12. The van der Waals surface area contributed by atoms with E-state index < -0.39 is 43.2 Å². The number of nitrogen functional groups attached to an aromatic ring is 1. The molecule has 4 rings (SSSR count). The van der Waals surface area contributed by atoms with E-state index in [0.29, 0.717) is 16.9 Å². The number of hydrogen-bond acceptors (Lipinski definition) is 7. The molecule has 1 saturated heterocycles. The van der Waals surface area contributed by atoms with E-state index in [2.05, 4.69) is 10.0 Å². The highest BCUT2D eigenvalue weighted by molar-refractivity contribution is 7.90. The second-order valence-electron chi connectivity index (χ2n) is 8.39. The minimum Gasteiger partial charge on any atom is -0.397 e. The van der Waals surface area contributed by atoms with Gasteiger partial charge in [-0.05, 0) is 47.9 Å². The summed E-state index contributed by atoms with van der Waals surface area (Å²) in [4.78, 5) is 24.8. The highest BCUT2D eigenvalue weighted by atomic mass is 35.5. The van der Waals surface area contributed by atoms with Gasteiger partial charge < -0.3 is 11.1 Å². The van der Waals surface area contributed by atoms with Crippen molar-refractivity contribution in [2.24, 2.45) is 0 Å². The Hall–Kier alpha value is -3.45. The van der Waals surface area contributed by atoms with Crippen molar-refractivity contribution in [2.45, 2.75) is 29.0 Å². The third kappa shape index (κ3) is 6.10. The van der Waals surface area contributed by atoms with Gasteiger partial charge in [0.15, 0.2) is 0 Å². The molecular weight excluding hydrogens is 540 g/mol. The van der Waals surface area contributed by atoms with E-state index in [1.54, 1.807) is 42.5 Å². The number of anilines is 2. The number of amides is 2. The minimum atomic E-state index is -4.08. The first-order valence-electron chi connectivity index (χ1n) is 11.0. The second kappa shape index (κ2) is 10.5. The number of rotatable bonds is 8. The summed E-state index contributed by atoms with van der Waals surface area (Å²) in [6.07, 6.45) is -0.374. The van der Waals surface area contributed by atoms with Crippen molar-refractivity contribution >= 4 is 54.8 Å². The number of nitrogens with one attached hydrogen (secondary N) is 3. The van der Waals surface area contributed by atoms with Gasteiger partial charge in [-0.2, -0.15) is 4.72 Å². The van der Waals surface area contributed by atoms with Gasteiger partial charge in [-0.25, -0.2) is 16.8 Å². The first-order chi connectivity index (χ1) is 17.5. The zero-order valence-corrected chi connectivity index (χ0v) is 21.6. The van der Waals surface area contributed by atoms with Crippen molar-refractivity contribution in [3.63, 3.8) is 0 Å². The molecule has 37 heavy (non-hydrogen) atoms. The van der Waals surface area contributed by atoms with Gasteiger partial charge in [0, 0.05) is 5.02 Å². The van der Waals surface area contributed by atoms with Crippen molar-refractivity contribution in [1.82, 2.24) is 9.44 Å². The molecule has 0 aliphatic carbocycles. The lowest BCUT2D eigenvalue weighted by molar-refractivity contribution is -0.119. The summed E-state index contributed by atoms with van der Waals surface area (Å²) in [5.41, 5.74) is 7.22. The molecule has 0 aromatic heterocycles. The molecule has 1 aliphatic heterocycles. The Morgan fingerprint density at radius 2 is 1.76 bits per heavy atom. The molecule has 1 heterocycles. The molecule has 0 radical (unpaired) electrons. The van der Waals surface area contributed by atoms with E-state index in [1.165, 1.54) is 30.3 Å². The lowest BCUT2D eigenvalue weighted by atomic mass is 10.0. The number of sulfonamides is 2. The first kappa shape index (κ1) is 26.6. The third-order valence-corrected chi connectivity index (χ3v) is 9.24. The molecule has 0 bridgehead atoms. The zero-order chi connectivity index (χ0) is 26.8. The second-order valence-corrected chi connectivity index (χ2v) is 12.4. The van der Waals surface area contributed by atoms with E-state index in [9.17, 15) is 26.4 Å².